The molecule has 2 atom stereocenters. The predicted molar refractivity (Wildman–Crippen MR) is 62.2 cm³/mol. The van der Waals surface area contributed by atoms with Gasteiger partial charge in [-0.15, -0.1) is 11.3 Å². The van der Waals surface area contributed by atoms with Crippen LogP contribution in [0.25, 0.3) is 0 Å². The smallest absolute Gasteiger partial charge is 0.326 e. The molecule has 0 aromatic carbocycles. The van der Waals surface area contributed by atoms with Gasteiger partial charge in [-0.2, -0.15) is 0 Å². The van der Waals surface area contributed by atoms with Crippen LogP contribution in [-0.2, 0) is 4.79 Å². The van der Waals surface area contributed by atoms with E-state index in [1.165, 1.54) is 11.3 Å². The van der Waals surface area contributed by atoms with Gasteiger partial charge in [0, 0.05) is 10.9 Å². The molecule has 0 aliphatic rings. The lowest BCUT2D eigenvalue weighted by Gasteiger charge is -2.18. The van der Waals surface area contributed by atoms with Crippen molar-refractivity contribution in [3.05, 3.63) is 22.4 Å². The van der Waals surface area contributed by atoms with Crippen LogP contribution >= 0.6 is 11.3 Å². The van der Waals surface area contributed by atoms with Gasteiger partial charge in [-0.25, -0.2) is 0 Å². The fourth-order valence-electron chi connectivity index (χ4n) is 1.53. The molecule has 2 unspecified atom stereocenters. The largest absolute Gasteiger partial charge is 0.480 e. The van der Waals surface area contributed by atoms with Gasteiger partial charge in [0.25, 0.3) is 0 Å². The lowest BCUT2D eigenvalue weighted by atomic mass is 10.1. The van der Waals surface area contributed by atoms with Crippen LogP contribution in [0.2, 0.25) is 0 Å². The summed E-state index contributed by atoms with van der Waals surface area (Å²) in [6.07, 6.45) is 2.06. The molecule has 0 fully saturated rings. The number of hydrogen-bond donors (Lipinski definition) is 2. The van der Waals surface area contributed by atoms with Gasteiger partial charge in [-0.1, -0.05) is 19.4 Å². The molecule has 15 heavy (non-hydrogen) atoms. The van der Waals surface area contributed by atoms with Crippen LogP contribution in [0, 0.1) is 0 Å². The lowest BCUT2D eigenvalue weighted by Crippen LogP contribution is -2.34. The topological polar surface area (TPSA) is 49.3 Å². The Hall–Kier alpha value is -0.870. The summed E-state index contributed by atoms with van der Waals surface area (Å²) in [6, 6.07) is 3.40. The van der Waals surface area contributed by atoms with E-state index < -0.39 is 12.0 Å². The van der Waals surface area contributed by atoms with Crippen LogP contribution in [0.4, 0.5) is 0 Å². The third kappa shape index (κ3) is 3.64. The maximum absolute atomic E-state index is 11.1. The molecule has 3 nitrogen and oxygen atoms in total. The highest BCUT2D eigenvalue weighted by Gasteiger charge is 2.21. The molecule has 1 aromatic rings. The zero-order valence-corrected chi connectivity index (χ0v) is 9.88. The molecule has 0 radical (unpaired) electrons. The minimum absolute atomic E-state index is 0.234. The molecule has 0 saturated carbocycles. The molecule has 0 saturated heterocycles. The first kappa shape index (κ1) is 12.2. The van der Waals surface area contributed by atoms with Crippen LogP contribution in [0.5, 0.6) is 0 Å². The van der Waals surface area contributed by atoms with E-state index in [-0.39, 0.29) is 6.04 Å². The van der Waals surface area contributed by atoms with Crippen LogP contribution in [0.15, 0.2) is 17.5 Å². The summed E-state index contributed by atoms with van der Waals surface area (Å²) in [6.45, 7) is 4.12. The highest BCUT2D eigenvalue weighted by atomic mass is 32.1. The lowest BCUT2D eigenvalue weighted by molar-refractivity contribution is -0.139. The van der Waals surface area contributed by atoms with E-state index in [0.717, 1.165) is 17.7 Å². The highest BCUT2D eigenvalue weighted by molar-refractivity contribution is 7.10. The number of aliphatic carboxylic acids is 1. The molecule has 2 N–H and O–H groups in total. The zero-order chi connectivity index (χ0) is 11.3. The first-order valence-corrected chi connectivity index (χ1v) is 6.05. The normalized spacial score (nSPS) is 14.8. The second-order valence-corrected chi connectivity index (χ2v) is 4.62. The van der Waals surface area contributed by atoms with E-state index >= 15 is 0 Å². The first-order chi connectivity index (χ1) is 7.15. The second kappa shape index (κ2) is 5.88. The van der Waals surface area contributed by atoms with Crippen molar-refractivity contribution in [2.45, 2.75) is 38.8 Å². The van der Waals surface area contributed by atoms with E-state index in [9.17, 15) is 4.79 Å². The van der Waals surface area contributed by atoms with Crippen molar-refractivity contribution in [1.82, 2.24) is 5.32 Å². The summed E-state index contributed by atoms with van der Waals surface area (Å²) in [5.74, 6) is -0.805. The average Bonchev–Trinajstić information content (AvgIpc) is 2.66. The maximum Gasteiger partial charge on any atom is 0.326 e. The molecule has 0 aliphatic carbocycles. The summed E-state index contributed by atoms with van der Waals surface area (Å²) < 4.78 is 0. The van der Waals surface area contributed by atoms with Gasteiger partial charge >= 0.3 is 5.97 Å². The number of thiophene rings is 1. The molecule has 0 aliphatic heterocycles. The van der Waals surface area contributed by atoms with Gasteiger partial charge in [0.2, 0.25) is 0 Å². The molecule has 84 valence electrons. The highest BCUT2D eigenvalue weighted by Crippen LogP contribution is 2.20. The Kier molecular flexibility index (Phi) is 4.78. The third-order valence-electron chi connectivity index (χ3n) is 2.25. The van der Waals surface area contributed by atoms with E-state index in [4.69, 9.17) is 5.11 Å². The Bertz CT molecular complexity index is 298. The number of carbonyl (C=O) groups is 1. The standard InChI is InChI=1S/C11H17NO2S/c1-3-5-8(2)12-10(11(13)14)9-6-4-7-15-9/h4,6-8,10,12H,3,5H2,1-2H3,(H,13,14). The first-order valence-electron chi connectivity index (χ1n) is 5.17. The molecule has 0 bridgehead atoms. The fourth-order valence-corrected chi connectivity index (χ4v) is 2.31. The maximum atomic E-state index is 11.1. The minimum atomic E-state index is -0.805. The van der Waals surface area contributed by atoms with Crippen molar-refractivity contribution in [3.8, 4) is 0 Å². The summed E-state index contributed by atoms with van der Waals surface area (Å²) in [4.78, 5) is 11.9. The zero-order valence-electron chi connectivity index (χ0n) is 9.06. The number of carboxylic acid groups (broad SMARTS) is 1. The Labute approximate surface area is 94.1 Å². The Morgan fingerprint density at radius 3 is 2.87 bits per heavy atom. The van der Waals surface area contributed by atoms with Crippen molar-refractivity contribution < 1.29 is 9.90 Å². The molecular weight excluding hydrogens is 210 g/mol. The van der Waals surface area contributed by atoms with Crippen LogP contribution in [-0.4, -0.2) is 17.1 Å². The van der Waals surface area contributed by atoms with Gasteiger partial charge in [0.15, 0.2) is 0 Å². The van der Waals surface area contributed by atoms with Gasteiger partial charge in [0.05, 0.1) is 0 Å². The summed E-state index contributed by atoms with van der Waals surface area (Å²) in [7, 11) is 0. The van der Waals surface area contributed by atoms with Gasteiger partial charge in [-0.3, -0.25) is 10.1 Å². The molecule has 1 heterocycles. The number of carboxylic acids is 1. The van der Waals surface area contributed by atoms with Crippen molar-refractivity contribution >= 4 is 17.3 Å². The quantitative estimate of drug-likeness (QED) is 0.785. The van der Waals surface area contributed by atoms with Crippen molar-refractivity contribution in [3.63, 3.8) is 0 Å². The number of hydrogen-bond acceptors (Lipinski definition) is 3. The Morgan fingerprint density at radius 2 is 2.40 bits per heavy atom. The van der Waals surface area contributed by atoms with Crippen molar-refractivity contribution in [1.29, 1.82) is 0 Å². The average molecular weight is 227 g/mol. The van der Waals surface area contributed by atoms with E-state index in [0.29, 0.717) is 0 Å². The molecule has 1 aromatic heterocycles. The van der Waals surface area contributed by atoms with E-state index in [2.05, 4.69) is 12.2 Å². The molecule has 0 amide bonds. The number of rotatable bonds is 6. The molecule has 1 rings (SSSR count). The predicted octanol–water partition coefficient (Wildman–Crippen LogP) is 2.65. The van der Waals surface area contributed by atoms with E-state index in [1.54, 1.807) is 0 Å². The molecule has 4 heteroatoms. The summed E-state index contributed by atoms with van der Waals surface area (Å²) >= 11 is 1.48. The van der Waals surface area contributed by atoms with Gasteiger partial charge in [0.1, 0.15) is 6.04 Å². The Balaban J connectivity index is 2.64. The fraction of sp³-hybridized carbons (Fsp3) is 0.545. The molecular formula is C11H17NO2S. The van der Waals surface area contributed by atoms with Crippen molar-refractivity contribution in [2.75, 3.05) is 0 Å². The summed E-state index contributed by atoms with van der Waals surface area (Å²) in [5.41, 5.74) is 0. The number of nitrogens with one attached hydrogen (secondary N) is 1. The SMILES string of the molecule is CCCC(C)NC(C(=O)O)c1cccs1. The molecule has 0 spiro atoms. The summed E-state index contributed by atoms with van der Waals surface area (Å²) in [5, 5.41) is 14.1. The van der Waals surface area contributed by atoms with Crippen LogP contribution in [0.3, 0.4) is 0 Å². The van der Waals surface area contributed by atoms with Crippen molar-refractivity contribution in [2.24, 2.45) is 0 Å². The van der Waals surface area contributed by atoms with Crippen LogP contribution in [0.1, 0.15) is 37.6 Å². The van der Waals surface area contributed by atoms with Crippen LogP contribution < -0.4 is 5.32 Å². The van der Waals surface area contributed by atoms with Gasteiger partial charge < -0.3 is 5.11 Å². The monoisotopic (exact) mass is 227 g/mol. The third-order valence-corrected chi connectivity index (χ3v) is 3.18. The van der Waals surface area contributed by atoms with Gasteiger partial charge in [-0.05, 0) is 24.8 Å². The minimum Gasteiger partial charge on any atom is -0.480 e. The second-order valence-electron chi connectivity index (χ2n) is 3.64. The van der Waals surface area contributed by atoms with E-state index in [1.807, 2.05) is 24.4 Å². The Morgan fingerprint density at radius 1 is 1.67 bits per heavy atom.